The van der Waals surface area contributed by atoms with Crippen molar-refractivity contribution in [1.82, 2.24) is 0 Å². The SMILES string of the molecule is CC(C)c1c(OP(=O)(O)Oc2ccc(-c3ccccc3)c(-c3ccccc3)c2C(C)C)ccc(-c2ccccc2)c1-c1ccccc1. The minimum absolute atomic E-state index is 0.0232. The Hall–Kier alpha value is -4.89. The van der Waals surface area contributed by atoms with Crippen molar-refractivity contribution in [3.8, 4) is 56.0 Å². The number of rotatable bonds is 10. The van der Waals surface area contributed by atoms with Crippen LogP contribution in [0.2, 0.25) is 0 Å². The van der Waals surface area contributed by atoms with Gasteiger partial charge in [-0.25, -0.2) is 4.57 Å². The number of hydrogen-bond donors (Lipinski definition) is 1. The fraction of sp³-hybridized carbons (Fsp3) is 0.143. The highest BCUT2D eigenvalue weighted by atomic mass is 31.2. The maximum Gasteiger partial charge on any atom is 0.584 e. The van der Waals surface area contributed by atoms with E-state index in [4.69, 9.17) is 9.05 Å². The van der Waals surface area contributed by atoms with E-state index < -0.39 is 7.82 Å². The third kappa shape index (κ3) is 6.95. The van der Waals surface area contributed by atoms with Gasteiger partial charge in [0.05, 0.1) is 0 Å². The molecule has 236 valence electrons. The van der Waals surface area contributed by atoms with Crippen LogP contribution in [0.25, 0.3) is 44.5 Å². The van der Waals surface area contributed by atoms with E-state index in [-0.39, 0.29) is 11.8 Å². The van der Waals surface area contributed by atoms with Gasteiger partial charge in [-0.3, -0.25) is 4.89 Å². The molecule has 0 unspecified atom stereocenters. The third-order valence-corrected chi connectivity index (χ3v) is 9.14. The average molecular weight is 639 g/mol. The molecule has 0 bridgehead atoms. The van der Waals surface area contributed by atoms with Crippen molar-refractivity contribution >= 4 is 7.82 Å². The number of phosphoric ester groups is 1. The average Bonchev–Trinajstić information content (AvgIpc) is 3.08. The standard InChI is InChI=1S/C42H39O4P/c1-29(2)39-37(27-25-35(31-17-9-5-10-18-31)41(39)33-21-13-7-14-22-33)45-47(43,44)46-38-28-26-36(32-19-11-6-12-20-32)42(40(38)30(3)4)34-23-15-8-16-24-34/h5-30H,1-4H3,(H,43,44). The molecule has 1 N–H and O–H groups in total. The second-order valence-electron chi connectivity index (χ2n) is 12.2. The molecule has 0 saturated heterocycles. The first kappa shape index (κ1) is 32.1. The number of hydrogen-bond acceptors (Lipinski definition) is 3. The van der Waals surface area contributed by atoms with Crippen LogP contribution < -0.4 is 9.05 Å². The first-order valence-corrected chi connectivity index (χ1v) is 17.5. The Bertz CT molecular complexity index is 1860. The maximum absolute atomic E-state index is 14.0. The van der Waals surface area contributed by atoms with Crippen LogP contribution in [-0.4, -0.2) is 4.89 Å². The Morgan fingerprint density at radius 3 is 1.04 bits per heavy atom. The maximum atomic E-state index is 14.0. The molecular formula is C42H39O4P. The molecule has 5 heteroatoms. The molecule has 0 aromatic heterocycles. The van der Waals surface area contributed by atoms with Crippen LogP contribution in [0.3, 0.4) is 0 Å². The van der Waals surface area contributed by atoms with Gasteiger partial charge in [0, 0.05) is 11.1 Å². The lowest BCUT2D eigenvalue weighted by atomic mass is 9.85. The van der Waals surface area contributed by atoms with Gasteiger partial charge in [-0.15, -0.1) is 0 Å². The summed E-state index contributed by atoms with van der Waals surface area (Å²) in [5, 5.41) is 0. The van der Waals surface area contributed by atoms with Gasteiger partial charge in [-0.2, -0.15) is 0 Å². The normalized spacial score (nSPS) is 11.6. The highest BCUT2D eigenvalue weighted by Gasteiger charge is 2.32. The summed E-state index contributed by atoms with van der Waals surface area (Å²) < 4.78 is 26.1. The Balaban J connectivity index is 1.46. The van der Waals surface area contributed by atoms with Crippen LogP contribution in [-0.2, 0) is 4.57 Å². The molecule has 0 aliphatic heterocycles. The highest BCUT2D eigenvalue weighted by molar-refractivity contribution is 7.48. The zero-order valence-corrected chi connectivity index (χ0v) is 28.0. The predicted octanol–water partition coefficient (Wildman–Crippen LogP) is 12.2. The first-order valence-electron chi connectivity index (χ1n) is 16.0. The minimum Gasteiger partial charge on any atom is -0.395 e. The van der Waals surface area contributed by atoms with E-state index in [2.05, 4.69) is 76.2 Å². The molecule has 6 aromatic carbocycles. The molecule has 47 heavy (non-hydrogen) atoms. The van der Waals surface area contributed by atoms with E-state index in [0.717, 1.165) is 55.6 Å². The Kier molecular flexibility index (Phi) is 9.45. The van der Waals surface area contributed by atoms with Crippen molar-refractivity contribution in [2.75, 3.05) is 0 Å². The number of benzene rings is 6. The van der Waals surface area contributed by atoms with Gasteiger partial charge in [0.2, 0.25) is 0 Å². The van der Waals surface area contributed by atoms with E-state index in [1.807, 2.05) is 84.9 Å². The summed E-state index contributed by atoms with van der Waals surface area (Å²) >= 11 is 0. The third-order valence-electron chi connectivity index (χ3n) is 8.29. The molecule has 6 rings (SSSR count). The molecule has 0 heterocycles. The van der Waals surface area contributed by atoms with E-state index in [1.165, 1.54) is 0 Å². The van der Waals surface area contributed by atoms with E-state index in [9.17, 15) is 9.46 Å². The van der Waals surface area contributed by atoms with Gasteiger partial charge in [0.15, 0.2) is 0 Å². The molecule has 0 fully saturated rings. The Morgan fingerprint density at radius 2 is 0.745 bits per heavy atom. The van der Waals surface area contributed by atoms with Gasteiger partial charge in [0.25, 0.3) is 0 Å². The summed E-state index contributed by atoms with van der Waals surface area (Å²) in [7, 11) is -4.67. The molecule has 0 amide bonds. The quantitative estimate of drug-likeness (QED) is 0.152. The summed E-state index contributed by atoms with van der Waals surface area (Å²) in [6.07, 6.45) is 0. The van der Waals surface area contributed by atoms with Gasteiger partial charge in [-0.1, -0.05) is 161 Å². The van der Waals surface area contributed by atoms with Gasteiger partial charge in [0.1, 0.15) is 11.5 Å². The van der Waals surface area contributed by atoms with E-state index in [1.54, 1.807) is 12.1 Å². The fourth-order valence-electron chi connectivity index (χ4n) is 6.32. The van der Waals surface area contributed by atoms with Crippen molar-refractivity contribution < 1.29 is 18.5 Å². The van der Waals surface area contributed by atoms with Crippen LogP contribution in [0.1, 0.15) is 50.7 Å². The summed E-state index contributed by atoms with van der Waals surface area (Å²) in [5.74, 6) is 0.592. The van der Waals surface area contributed by atoms with Crippen molar-refractivity contribution in [3.05, 3.63) is 157 Å². The largest absolute Gasteiger partial charge is 0.584 e. The topological polar surface area (TPSA) is 55.8 Å². The Labute approximate surface area is 277 Å². The molecule has 0 aliphatic rings. The second-order valence-corrected chi connectivity index (χ2v) is 13.5. The summed E-state index contributed by atoms with van der Waals surface area (Å²) in [6.45, 7) is 8.27. The lowest BCUT2D eigenvalue weighted by molar-refractivity contribution is 0.288. The van der Waals surface area contributed by atoms with Crippen LogP contribution >= 0.6 is 7.82 Å². The minimum atomic E-state index is -4.67. The van der Waals surface area contributed by atoms with Crippen molar-refractivity contribution in [2.24, 2.45) is 0 Å². The molecule has 6 aromatic rings. The zero-order valence-electron chi connectivity index (χ0n) is 27.1. The molecule has 0 radical (unpaired) electrons. The van der Waals surface area contributed by atoms with E-state index >= 15 is 0 Å². The van der Waals surface area contributed by atoms with E-state index in [0.29, 0.717) is 11.5 Å². The molecule has 4 nitrogen and oxygen atoms in total. The van der Waals surface area contributed by atoms with Crippen molar-refractivity contribution in [1.29, 1.82) is 0 Å². The molecule has 0 spiro atoms. The number of phosphoric acid groups is 1. The Morgan fingerprint density at radius 1 is 0.447 bits per heavy atom. The second kappa shape index (κ2) is 13.8. The van der Waals surface area contributed by atoms with Gasteiger partial charge in [-0.05, 0) is 68.5 Å². The van der Waals surface area contributed by atoms with Crippen LogP contribution in [0.5, 0.6) is 11.5 Å². The van der Waals surface area contributed by atoms with Gasteiger partial charge < -0.3 is 9.05 Å². The molecule has 0 saturated carbocycles. The van der Waals surface area contributed by atoms with Crippen LogP contribution in [0, 0.1) is 0 Å². The first-order chi connectivity index (χ1) is 22.7. The lowest BCUT2D eigenvalue weighted by Crippen LogP contribution is -2.07. The summed E-state index contributed by atoms with van der Waals surface area (Å²) in [5.41, 5.74) is 9.75. The molecular weight excluding hydrogens is 599 g/mol. The van der Waals surface area contributed by atoms with Crippen molar-refractivity contribution in [3.63, 3.8) is 0 Å². The summed E-state index contributed by atoms with van der Waals surface area (Å²) in [4.78, 5) is 11.4. The predicted molar refractivity (Wildman–Crippen MR) is 194 cm³/mol. The van der Waals surface area contributed by atoms with Crippen LogP contribution in [0.4, 0.5) is 0 Å². The van der Waals surface area contributed by atoms with Crippen molar-refractivity contribution in [2.45, 2.75) is 39.5 Å². The summed E-state index contributed by atoms with van der Waals surface area (Å²) in [6, 6.07) is 48.0. The van der Waals surface area contributed by atoms with Gasteiger partial charge >= 0.3 is 7.82 Å². The monoisotopic (exact) mass is 638 g/mol. The fourth-order valence-corrected chi connectivity index (χ4v) is 7.17. The smallest absolute Gasteiger partial charge is 0.395 e. The highest BCUT2D eigenvalue weighted by Crippen LogP contribution is 2.53. The zero-order chi connectivity index (χ0) is 33.0. The van der Waals surface area contributed by atoms with Crippen LogP contribution in [0.15, 0.2) is 146 Å². The molecule has 0 atom stereocenters. The lowest BCUT2D eigenvalue weighted by Gasteiger charge is -2.25. The molecule has 0 aliphatic carbocycles.